The van der Waals surface area contributed by atoms with Gasteiger partial charge in [0.1, 0.15) is 34.3 Å². The zero-order valence-electron chi connectivity index (χ0n) is 28.9. The Kier molecular flexibility index (Phi) is 9.74. The molecule has 18 nitrogen and oxygen atoms in total. The number of nitrogens with two attached hydrogens (primary N) is 3. The molecular formula is C34H26Cl2F2N14O4. The molecule has 3 heterocycles. The van der Waals surface area contributed by atoms with Gasteiger partial charge in [0.05, 0.1) is 47.5 Å². The van der Waals surface area contributed by atoms with Crippen LogP contribution in [0.5, 0.6) is 11.5 Å². The maximum absolute atomic E-state index is 16.3. The fourth-order valence-electron chi connectivity index (χ4n) is 6.56. The van der Waals surface area contributed by atoms with E-state index in [0.717, 1.165) is 12.1 Å². The van der Waals surface area contributed by atoms with Gasteiger partial charge in [-0.2, -0.15) is 10.3 Å². The topological polar surface area (TPSA) is 269 Å². The lowest BCUT2D eigenvalue weighted by Crippen LogP contribution is -2.14. The maximum atomic E-state index is 16.3. The van der Waals surface area contributed by atoms with E-state index >= 15 is 8.78 Å². The number of tetrazole rings is 1. The Labute approximate surface area is 322 Å². The van der Waals surface area contributed by atoms with Crippen molar-refractivity contribution in [1.29, 1.82) is 5.53 Å². The van der Waals surface area contributed by atoms with Crippen LogP contribution in [0.25, 0.3) is 56.2 Å². The lowest BCUT2D eigenvalue weighted by molar-refractivity contribution is 0.0989. The summed E-state index contributed by atoms with van der Waals surface area (Å²) in [5.41, 5.74) is 19.7. The molecule has 0 spiro atoms. The van der Waals surface area contributed by atoms with Crippen molar-refractivity contribution in [2.24, 2.45) is 27.5 Å². The number of aryl methyl sites for hydroxylation is 2. The molecule has 0 saturated heterocycles. The number of H-pyrrole nitrogens is 1. The van der Waals surface area contributed by atoms with Crippen LogP contribution in [-0.4, -0.2) is 71.6 Å². The number of imidazole rings is 2. The maximum Gasteiger partial charge on any atom is 0.252 e. The van der Waals surface area contributed by atoms with Crippen LogP contribution in [0.1, 0.15) is 26.3 Å². The molecular weight excluding hydrogens is 777 g/mol. The van der Waals surface area contributed by atoms with Crippen LogP contribution in [0.3, 0.4) is 0 Å². The zero-order valence-corrected chi connectivity index (χ0v) is 30.4. The van der Waals surface area contributed by atoms with Crippen molar-refractivity contribution >= 4 is 62.9 Å². The third kappa shape index (κ3) is 6.15. The molecule has 7 rings (SSSR count). The minimum absolute atomic E-state index is 0.00528. The van der Waals surface area contributed by atoms with Gasteiger partial charge in [-0.25, -0.2) is 24.3 Å². The molecule has 2 amide bonds. The first-order valence-electron chi connectivity index (χ1n) is 16.0. The predicted octanol–water partition coefficient (Wildman–Crippen LogP) is 5.05. The first-order valence-corrected chi connectivity index (χ1v) is 16.8. The number of amides is 2. The standard InChI is InChI=1S/C34H26Cl2F2N14O4/c1-55-27-15(29(39)53)3-5-21-25(27)43-33(23-17(31(45-41)46-42)9-13(35)11-19(23)37)51(21)7-8-52-22-6-4-16(30(40)54)28(56-2)26(22)44-34(52)24-18(32-47-49-50-48-32)10-14(36)12-20(24)38/h3-6,9-12,41H,7-8,42H2,1-2H3,(H2,39,53)(H2,40,54)(H,47,48,49,50)/b45-41?,46-31-. The SMILES string of the molecule is COc1c(C(N)=O)ccc2c1nc(-c1c(F)cc(Cl)cc1/C(N=N)=N/N)n2CCn1c(-c2c(F)cc(Cl)cc2-c2nn[nH]n2)nc2c(OC)c(C(N)=O)ccc21. The summed E-state index contributed by atoms with van der Waals surface area (Å²) in [7, 11) is 2.64. The van der Waals surface area contributed by atoms with Gasteiger partial charge in [-0.15, -0.1) is 15.3 Å². The largest absolute Gasteiger partial charge is 0.494 e. The summed E-state index contributed by atoms with van der Waals surface area (Å²) in [6, 6.07) is 10.8. The molecule has 0 unspecified atom stereocenters. The highest BCUT2D eigenvalue weighted by atomic mass is 35.5. The highest BCUT2D eigenvalue weighted by Gasteiger charge is 2.29. The lowest BCUT2D eigenvalue weighted by Gasteiger charge is -2.16. The fourth-order valence-corrected chi connectivity index (χ4v) is 6.97. The van der Waals surface area contributed by atoms with Crippen molar-refractivity contribution in [3.05, 3.63) is 86.9 Å². The smallest absolute Gasteiger partial charge is 0.252 e. The Hall–Kier alpha value is -7.06. The van der Waals surface area contributed by atoms with Crippen LogP contribution in [0.2, 0.25) is 10.0 Å². The third-order valence-corrected chi connectivity index (χ3v) is 9.28. The zero-order chi connectivity index (χ0) is 40.0. The van der Waals surface area contributed by atoms with E-state index in [-0.39, 0.29) is 102 Å². The molecule has 0 atom stereocenters. The number of halogens is 4. The van der Waals surface area contributed by atoms with Gasteiger partial charge < -0.3 is 35.9 Å². The van der Waals surface area contributed by atoms with Crippen molar-refractivity contribution in [1.82, 2.24) is 39.7 Å². The van der Waals surface area contributed by atoms with Crippen molar-refractivity contribution in [3.8, 4) is 45.7 Å². The Balaban J connectivity index is 1.53. The molecule has 7 aromatic rings. The molecule has 0 saturated carbocycles. The number of carbonyl (C=O) groups excluding carboxylic acids is 2. The van der Waals surface area contributed by atoms with Crippen LogP contribution < -0.4 is 26.8 Å². The highest BCUT2D eigenvalue weighted by molar-refractivity contribution is 6.31. The van der Waals surface area contributed by atoms with Crippen LogP contribution in [-0.2, 0) is 13.1 Å². The van der Waals surface area contributed by atoms with E-state index in [4.69, 9.17) is 65.5 Å². The Morgan fingerprint density at radius 2 is 1.34 bits per heavy atom. The summed E-state index contributed by atoms with van der Waals surface area (Å²) < 4.78 is 46.8. The minimum atomic E-state index is -0.881. The number of hydrogen-bond acceptors (Lipinski definition) is 12. The number of primary amides is 2. The van der Waals surface area contributed by atoms with Gasteiger partial charge >= 0.3 is 0 Å². The number of ether oxygens (including phenoxy) is 2. The summed E-state index contributed by atoms with van der Waals surface area (Å²) in [6.07, 6.45) is 0. The average Bonchev–Trinajstić information content (AvgIpc) is 3.91. The van der Waals surface area contributed by atoms with Crippen LogP contribution in [0, 0.1) is 17.2 Å². The Morgan fingerprint density at radius 3 is 1.80 bits per heavy atom. The van der Waals surface area contributed by atoms with Gasteiger partial charge in [0.15, 0.2) is 11.5 Å². The van der Waals surface area contributed by atoms with Crippen molar-refractivity contribution < 1.29 is 27.8 Å². The number of hydrogen-bond donors (Lipinski definition) is 5. The third-order valence-electron chi connectivity index (χ3n) is 8.85. The van der Waals surface area contributed by atoms with E-state index in [1.807, 2.05) is 0 Å². The average molecular weight is 804 g/mol. The first kappa shape index (κ1) is 37.3. The number of carbonyl (C=O) groups is 2. The molecule has 0 aliphatic heterocycles. The number of rotatable bonds is 11. The number of fused-ring (bicyclic) bond motifs is 2. The molecule has 0 fully saturated rings. The van der Waals surface area contributed by atoms with Gasteiger partial charge in [-0.05, 0) is 53.7 Å². The number of aromatic amines is 1. The number of nitrogens with one attached hydrogen (secondary N) is 2. The van der Waals surface area contributed by atoms with E-state index in [9.17, 15) is 9.59 Å². The molecule has 0 aliphatic rings. The van der Waals surface area contributed by atoms with Crippen LogP contribution in [0.4, 0.5) is 8.78 Å². The predicted molar refractivity (Wildman–Crippen MR) is 199 cm³/mol. The second-order valence-electron chi connectivity index (χ2n) is 11.9. The van der Waals surface area contributed by atoms with Crippen molar-refractivity contribution in [2.75, 3.05) is 14.2 Å². The molecule has 0 radical (unpaired) electrons. The minimum Gasteiger partial charge on any atom is -0.494 e. The monoisotopic (exact) mass is 802 g/mol. The summed E-state index contributed by atoms with van der Waals surface area (Å²) in [4.78, 5) is 34.3. The second-order valence-corrected chi connectivity index (χ2v) is 12.7. The van der Waals surface area contributed by atoms with Crippen molar-refractivity contribution in [3.63, 3.8) is 0 Å². The molecule has 22 heteroatoms. The second kappa shape index (κ2) is 14.6. The summed E-state index contributed by atoms with van der Waals surface area (Å²) in [5, 5.41) is 20.9. The molecule has 3 aromatic heterocycles. The van der Waals surface area contributed by atoms with Crippen LogP contribution >= 0.6 is 23.2 Å². The molecule has 4 aromatic carbocycles. The van der Waals surface area contributed by atoms with Crippen LogP contribution in [0.15, 0.2) is 58.7 Å². The van der Waals surface area contributed by atoms with Gasteiger partial charge in [0, 0.05) is 34.3 Å². The molecule has 0 aliphatic carbocycles. The van der Waals surface area contributed by atoms with E-state index in [2.05, 4.69) is 30.8 Å². The normalized spacial score (nSPS) is 11.7. The van der Waals surface area contributed by atoms with Gasteiger partial charge in [0.2, 0.25) is 11.7 Å². The summed E-state index contributed by atoms with van der Waals surface area (Å²) in [6.45, 7) is -0.146. The molecule has 0 bridgehead atoms. The number of nitrogens with zero attached hydrogens (tertiary/aromatic N) is 9. The molecule has 8 N–H and O–H groups in total. The summed E-state index contributed by atoms with van der Waals surface area (Å²) >= 11 is 12.5. The Bertz CT molecular complexity index is 2790. The first-order chi connectivity index (χ1) is 26.9. The van der Waals surface area contributed by atoms with E-state index < -0.39 is 23.4 Å². The molecule has 56 heavy (non-hydrogen) atoms. The van der Waals surface area contributed by atoms with Gasteiger partial charge in [0.25, 0.3) is 11.8 Å². The number of methoxy groups -OCH3 is 2. The van der Waals surface area contributed by atoms with E-state index in [1.54, 1.807) is 15.2 Å². The number of amidine groups is 1. The van der Waals surface area contributed by atoms with E-state index in [1.165, 1.54) is 44.6 Å². The van der Waals surface area contributed by atoms with Gasteiger partial charge in [-0.3, -0.25) is 9.59 Å². The number of aromatic nitrogens is 8. The van der Waals surface area contributed by atoms with Crippen molar-refractivity contribution in [2.45, 2.75) is 13.1 Å². The van der Waals surface area contributed by atoms with Gasteiger partial charge in [-0.1, -0.05) is 23.2 Å². The summed E-state index contributed by atoms with van der Waals surface area (Å²) in [5.74, 6) is 1.83. The molecule has 284 valence electrons. The highest BCUT2D eigenvalue weighted by Crippen LogP contribution is 2.41. The number of hydrazone groups is 1. The number of benzene rings is 4. The quantitative estimate of drug-likeness (QED) is 0.0382. The lowest BCUT2D eigenvalue weighted by atomic mass is 10.0. The Morgan fingerprint density at radius 1 is 0.821 bits per heavy atom. The fraction of sp³-hybridized carbons (Fsp3) is 0.118. The van der Waals surface area contributed by atoms with E-state index in [0.29, 0.717) is 11.0 Å².